The van der Waals surface area contributed by atoms with Crippen LogP contribution in [-0.4, -0.2) is 41.4 Å². The molecule has 0 saturated carbocycles. The van der Waals surface area contributed by atoms with Gasteiger partial charge in [-0.3, -0.25) is 14.3 Å². The Morgan fingerprint density at radius 3 is 2.45 bits per heavy atom. The molecule has 0 aromatic heterocycles. The zero-order valence-electron chi connectivity index (χ0n) is 12.5. The van der Waals surface area contributed by atoms with Crippen molar-refractivity contribution in [3.63, 3.8) is 0 Å². The fourth-order valence-electron chi connectivity index (χ4n) is 2.57. The first kappa shape index (κ1) is 14.3. The van der Waals surface area contributed by atoms with Crippen LogP contribution in [-0.2, 0) is 11.3 Å². The number of nitrogens with one attached hydrogen (secondary N) is 1. The van der Waals surface area contributed by atoms with Crippen LogP contribution in [0.1, 0.15) is 5.56 Å². The lowest BCUT2D eigenvalue weighted by Gasteiger charge is -2.07. The Labute approximate surface area is 130 Å². The van der Waals surface area contributed by atoms with Crippen LogP contribution < -0.4 is 5.32 Å². The van der Waals surface area contributed by atoms with Gasteiger partial charge in [-0.25, -0.2) is 0 Å². The summed E-state index contributed by atoms with van der Waals surface area (Å²) in [5, 5.41) is 2.91. The van der Waals surface area contributed by atoms with E-state index in [0.29, 0.717) is 6.54 Å². The van der Waals surface area contributed by atoms with Crippen molar-refractivity contribution in [3.8, 4) is 0 Å². The molecular formula is C18H20N3O+. The van der Waals surface area contributed by atoms with E-state index in [1.807, 2.05) is 36.4 Å². The zero-order valence-corrected chi connectivity index (χ0v) is 12.5. The molecule has 2 aromatic rings. The maximum absolute atomic E-state index is 12.0. The lowest BCUT2D eigenvalue weighted by Crippen LogP contribution is -2.31. The van der Waals surface area contributed by atoms with Gasteiger partial charge in [0.1, 0.15) is 19.6 Å². The Morgan fingerprint density at radius 1 is 1.05 bits per heavy atom. The molecule has 0 bridgehead atoms. The second-order valence-corrected chi connectivity index (χ2v) is 5.46. The zero-order chi connectivity index (χ0) is 15.2. The van der Waals surface area contributed by atoms with Gasteiger partial charge in [0.2, 0.25) is 6.34 Å². The molecule has 0 unspecified atom stereocenters. The minimum absolute atomic E-state index is 0.0176. The first-order chi connectivity index (χ1) is 10.8. The van der Waals surface area contributed by atoms with Gasteiger partial charge in [-0.2, -0.15) is 0 Å². The highest BCUT2D eigenvalue weighted by Gasteiger charge is 2.21. The number of amides is 1. The van der Waals surface area contributed by atoms with Crippen molar-refractivity contribution in [1.82, 2.24) is 4.90 Å². The Balaban J connectivity index is 1.52. The van der Waals surface area contributed by atoms with Gasteiger partial charge in [-0.05, 0) is 17.7 Å². The summed E-state index contributed by atoms with van der Waals surface area (Å²) in [6.07, 6.45) is 2.05. The van der Waals surface area contributed by atoms with Gasteiger partial charge in [-0.1, -0.05) is 48.5 Å². The molecule has 2 aromatic carbocycles. The molecule has 112 valence electrons. The number of nitrogens with zero attached hydrogens (tertiary/aromatic N) is 2. The molecule has 1 aliphatic rings. The highest BCUT2D eigenvalue weighted by molar-refractivity contribution is 5.93. The van der Waals surface area contributed by atoms with E-state index >= 15 is 0 Å². The minimum Gasteiger partial charge on any atom is -0.323 e. The SMILES string of the molecule is O=C(CN1C=[N+](Cc2ccccc2)CC1)Nc1ccccc1. The van der Waals surface area contributed by atoms with Gasteiger partial charge in [0.25, 0.3) is 5.91 Å². The molecule has 0 spiro atoms. The number of carbonyl (C=O) groups excluding carboxylic acids is 1. The van der Waals surface area contributed by atoms with E-state index in [0.717, 1.165) is 25.3 Å². The molecule has 0 fully saturated rings. The maximum atomic E-state index is 12.0. The van der Waals surface area contributed by atoms with E-state index in [-0.39, 0.29) is 5.91 Å². The third-order valence-electron chi connectivity index (χ3n) is 3.63. The summed E-state index contributed by atoms with van der Waals surface area (Å²) in [6.45, 7) is 3.11. The predicted octanol–water partition coefficient (Wildman–Crippen LogP) is 2.18. The van der Waals surface area contributed by atoms with Crippen LogP contribution in [0, 0.1) is 0 Å². The predicted molar refractivity (Wildman–Crippen MR) is 88.0 cm³/mol. The van der Waals surface area contributed by atoms with Gasteiger partial charge in [0.15, 0.2) is 6.54 Å². The second-order valence-electron chi connectivity index (χ2n) is 5.46. The van der Waals surface area contributed by atoms with Crippen LogP contribution in [0.4, 0.5) is 5.69 Å². The number of carbonyl (C=O) groups is 1. The monoisotopic (exact) mass is 294 g/mol. The van der Waals surface area contributed by atoms with Gasteiger partial charge in [0.05, 0.1) is 0 Å². The molecule has 1 heterocycles. The largest absolute Gasteiger partial charge is 0.323 e. The first-order valence-electron chi connectivity index (χ1n) is 7.51. The fraction of sp³-hybridized carbons (Fsp3) is 0.222. The molecule has 0 aliphatic carbocycles. The molecule has 4 heteroatoms. The average Bonchev–Trinajstić information content (AvgIpc) is 2.96. The molecule has 4 nitrogen and oxygen atoms in total. The third-order valence-corrected chi connectivity index (χ3v) is 3.63. The maximum Gasteiger partial charge on any atom is 0.266 e. The molecule has 1 amide bonds. The van der Waals surface area contributed by atoms with Gasteiger partial charge in [0, 0.05) is 5.69 Å². The number of para-hydroxylation sites is 1. The Morgan fingerprint density at radius 2 is 1.73 bits per heavy atom. The molecule has 0 radical (unpaired) electrons. The third kappa shape index (κ3) is 3.95. The van der Waals surface area contributed by atoms with Crippen molar-refractivity contribution < 1.29 is 9.37 Å². The van der Waals surface area contributed by atoms with Crippen LogP contribution in [0.3, 0.4) is 0 Å². The molecule has 0 saturated heterocycles. The van der Waals surface area contributed by atoms with Crippen molar-refractivity contribution >= 4 is 17.9 Å². The second kappa shape index (κ2) is 6.89. The Bertz CT molecular complexity index is 653. The van der Waals surface area contributed by atoms with Gasteiger partial charge >= 0.3 is 0 Å². The van der Waals surface area contributed by atoms with Crippen LogP contribution >= 0.6 is 0 Å². The van der Waals surface area contributed by atoms with E-state index in [2.05, 4.69) is 45.4 Å². The average molecular weight is 294 g/mol. The Hall–Kier alpha value is -2.62. The molecule has 1 N–H and O–H groups in total. The molecule has 1 aliphatic heterocycles. The summed E-state index contributed by atoms with van der Waals surface area (Å²) < 4.78 is 2.24. The van der Waals surface area contributed by atoms with Crippen LogP contribution in [0.5, 0.6) is 0 Å². The topological polar surface area (TPSA) is 35.4 Å². The van der Waals surface area contributed by atoms with Gasteiger partial charge < -0.3 is 5.32 Å². The van der Waals surface area contributed by atoms with E-state index in [9.17, 15) is 4.79 Å². The fourth-order valence-corrected chi connectivity index (χ4v) is 2.57. The number of rotatable bonds is 5. The number of anilines is 1. The van der Waals surface area contributed by atoms with Crippen LogP contribution in [0.15, 0.2) is 60.7 Å². The van der Waals surface area contributed by atoms with E-state index in [1.165, 1.54) is 5.56 Å². The van der Waals surface area contributed by atoms with Crippen molar-refractivity contribution in [2.24, 2.45) is 0 Å². The lowest BCUT2D eigenvalue weighted by molar-refractivity contribution is -0.530. The summed E-state index contributed by atoms with van der Waals surface area (Å²) in [6, 6.07) is 19.9. The van der Waals surface area contributed by atoms with Gasteiger partial charge in [-0.15, -0.1) is 0 Å². The van der Waals surface area contributed by atoms with Crippen molar-refractivity contribution in [2.75, 3.05) is 25.0 Å². The van der Waals surface area contributed by atoms with Crippen LogP contribution in [0.25, 0.3) is 0 Å². The summed E-state index contributed by atoms with van der Waals surface area (Å²) >= 11 is 0. The first-order valence-corrected chi connectivity index (χ1v) is 7.51. The molecular weight excluding hydrogens is 274 g/mol. The number of benzene rings is 2. The molecule has 3 rings (SSSR count). The van der Waals surface area contributed by atoms with E-state index in [4.69, 9.17) is 0 Å². The summed E-state index contributed by atoms with van der Waals surface area (Å²) in [5.41, 5.74) is 2.13. The summed E-state index contributed by atoms with van der Waals surface area (Å²) in [7, 11) is 0. The number of hydrogen-bond acceptors (Lipinski definition) is 2. The molecule has 22 heavy (non-hydrogen) atoms. The standard InChI is InChI=1S/C18H19N3O/c22-18(19-17-9-5-2-6-10-17)14-21-12-11-20(15-21)13-16-7-3-1-4-8-16/h1-10,15H,11-14H2/p+1. The molecule has 0 atom stereocenters. The quantitative estimate of drug-likeness (QED) is 0.858. The van der Waals surface area contributed by atoms with Crippen LogP contribution in [0.2, 0.25) is 0 Å². The highest BCUT2D eigenvalue weighted by atomic mass is 16.2. The van der Waals surface area contributed by atoms with Crippen molar-refractivity contribution in [1.29, 1.82) is 0 Å². The van der Waals surface area contributed by atoms with E-state index in [1.54, 1.807) is 0 Å². The summed E-state index contributed by atoms with van der Waals surface area (Å²) in [5.74, 6) is 0.0176. The summed E-state index contributed by atoms with van der Waals surface area (Å²) in [4.78, 5) is 14.1. The lowest BCUT2D eigenvalue weighted by atomic mass is 10.2. The minimum atomic E-state index is 0.0176. The van der Waals surface area contributed by atoms with Crippen molar-refractivity contribution in [3.05, 3.63) is 66.2 Å². The van der Waals surface area contributed by atoms with E-state index < -0.39 is 0 Å². The normalized spacial score (nSPS) is 13.8. The number of hydrogen-bond donors (Lipinski definition) is 1. The highest BCUT2D eigenvalue weighted by Crippen LogP contribution is 2.06. The van der Waals surface area contributed by atoms with Crippen molar-refractivity contribution in [2.45, 2.75) is 6.54 Å². The Kier molecular flexibility index (Phi) is 4.49. The smallest absolute Gasteiger partial charge is 0.266 e.